The second-order valence-electron chi connectivity index (χ2n) is 5.51. The molecule has 0 spiro atoms. The molecule has 0 aliphatic heterocycles. The molecule has 124 valence electrons. The number of hydrogen-bond acceptors (Lipinski definition) is 1. The van der Waals surface area contributed by atoms with Gasteiger partial charge < -0.3 is 5.11 Å². The zero-order valence-corrected chi connectivity index (χ0v) is 14.0. The maximum Gasteiger partial charge on any atom is 0.328 e. The highest BCUT2D eigenvalue weighted by Gasteiger charge is 1.90. The molecule has 2 nitrogen and oxygen atoms in total. The fourth-order valence-electron chi connectivity index (χ4n) is 2.14. The van der Waals surface area contributed by atoms with Crippen LogP contribution in [0, 0.1) is 0 Å². The molecule has 0 fully saturated rings. The Bertz CT molecular complexity index is 362. The molecule has 0 aliphatic carbocycles. The van der Waals surface area contributed by atoms with Crippen LogP contribution in [0.1, 0.15) is 71.1 Å². The van der Waals surface area contributed by atoms with Crippen LogP contribution < -0.4 is 0 Å². The monoisotopic (exact) mass is 306 g/mol. The van der Waals surface area contributed by atoms with Crippen molar-refractivity contribution in [2.75, 3.05) is 0 Å². The Hall–Kier alpha value is -1.57. The summed E-state index contributed by atoms with van der Waals surface area (Å²) in [6, 6.07) is 0. The second-order valence-corrected chi connectivity index (χ2v) is 5.51. The molecule has 0 saturated heterocycles. The predicted molar refractivity (Wildman–Crippen MR) is 96.0 cm³/mol. The van der Waals surface area contributed by atoms with Gasteiger partial charge in [-0.15, -0.1) is 0 Å². The molecule has 0 atom stereocenters. The number of allylic oxidation sites excluding steroid dienone is 7. The molecule has 2 heteroatoms. The molecule has 0 aromatic carbocycles. The van der Waals surface area contributed by atoms with Gasteiger partial charge >= 0.3 is 5.97 Å². The molecule has 0 aromatic rings. The van der Waals surface area contributed by atoms with Crippen LogP contribution in [0.25, 0.3) is 0 Å². The Kier molecular flexibility index (Phi) is 16.2. The first kappa shape index (κ1) is 20.4. The van der Waals surface area contributed by atoms with Crippen LogP contribution in [0.2, 0.25) is 0 Å². The third-order valence-electron chi connectivity index (χ3n) is 3.40. The number of carbonyl (C=O) groups is 1. The summed E-state index contributed by atoms with van der Waals surface area (Å²) in [5.41, 5.74) is 0. The molecule has 0 radical (unpaired) electrons. The van der Waals surface area contributed by atoms with E-state index in [0.29, 0.717) is 0 Å². The lowest BCUT2D eigenvalue weighted by Gasteiger charge is -2.00. The average Bonchev–Trinajstić information content (AvgIpc) is 2.50. The summed E-state index contributed by atoms with van der Waals surface area (Å²) in [6.45, 7) is 2.26. The highest BCUT2D eigenvalue weighted by molar-refractivity contribution is 5.80. The van der Waals surface area contributed by atoms with E-state index < -0.39 is 5.97 Å². The summed E-state index contributed by atoms with van der Waals surface area (Å²) in [5.74, 6) is -0.922. The van der Waals surface area contributed by atoms with Crippen LogP contribution in [0.5, 0.6) is 0 Å². The van der Waals surface area contributed by atoms with E-state index in [1.54, 1.807) is 6.08 Å². The van der Waals surface area contributed by atoms with Crippen LogP contribution in [0.4, 0.5) is 0 Å². The van der Waals surface area contributed by atoms with Crippen molar-refractivity contribution in [1.82, 2.24) is 0 Å². The van der Waals surface area contributed by atoms with Gasteiger partial charge in [-0.05, 0) is 12.8 Å². The molecule has 0 heterocycles. The largest absolute Gasteiger partial charge is 0.478 e. The highest BCUT2D eigenvalue weighted by Crippen LogP contribution is 2.10. The lowest BCUT2D eigenvalue weighted by Crippen LogP contribution is -1.84. The first-order chi connectivity index (χ1) is 10.8. The molecular weight excluding hydrogens is 274 g/mol. The topological polar surface area (TPSA) is 37.3 Å². The van der Waals surface area contributed by atoms with Crippen LogP contribution in [-0.2, 0) is 4.79 Å². The van der Waals surface area contributed by atoms with Crippen molar-refractivity contribution >= 4 is 5.97 Å². The zero-order valence-electron chi connectivity index (χ0n) is 14.0. The van der Waals surface area contributed by atoms with Crippen molar-refractivity contribution in [1.29, 1.82) is 0 Å². The quantitative estimate of drug-likeness (QED) is 0.235. The molecule has 1 N–H and O–H groups in total. The third-order valence-corrected chi connectivity index (χ3v) is 3.40. The number of carboxylic acids is 1. The summed E-state index contributed by atoms with van der Waals surface area (Å²) >= 11 is 0. The fourth-order valence-corrected chi connectivity index (χ4v) is 2.14. The fraction of sp³-hybridized carbons (Fsp3) is 0.550. The van der Waals surface area contributed by atoms with Gasteiger partial charge in [0.15, 0.2) is 0 Å². The summed E-state index contributed by atoms with van der Waals surface area (Å²) in [4.78, 5) is 10.2. The Morgan fingerprint density at radius 3 is 1.82 bits per heavy atom. The van der Waals surface area contributed by atoms with E-state index in [2.05, 4.69) is 19.1 Å². The van der Waals surface area contributed by atoms with Crippen molar-refractivity contribution < 1.29 is 9.90 Å². The third kappa shape index (κ3) is 18.4. The molecule has 0 amide bonds. The van der Waals surface area contributed by atoms with Crippen molar-refractivity contribution in [3.63, 3.8) is 0 Å². The minimum Gasteiger partial charge on any atom is -0.478 e. The van der Waals surface area contributed by atoms with Gasteiger partial charge in [-0.1, -0.05) is 101 Å². The van der Waals surface area contributed by atoms with Gasteiger partial charge in [0.25, 0.3) is 0 Å². The number of unbranched alkanes of at least 4 members (excludes halogenated alkanes) is 9. The van der Waals surface area contributed by atoms with Crippen LogP contribution in [0.15, 0.2) is 48.6 Å². The second kappa shape index (κ2) is 17.5. The highest BCUT2D eigenvalue weighted by atomic mass is 16.6. The lowest BCUT2D eigenvalue weighted by molar-refractivity contribution is -0.131. The molecule has 0 aliphatic rings. The maximum atomic E-state index is 10.2. The van der Waals surface area contributed by atoms with E-state index in [4.69, 9.17) is 5.11 Å². The van der Waals surface area contributed by atoms with Crippen molar-refractivity contribution in [3.8, 4) is 0 Å². The smallest absolute Gasteiger partial charge is 0.328 e. The van der Waals surface area contributed by atoms with Crippen LogP contribution >= 0.6 is 0 Å². The number of aliphatic carboxylic acids is 1. The number of hydrogen-bond donors (Lipinski definition) is 1. The minimum absolute atomic E-state index is 0.922. The van der Waals surface area contributed by atoms with E-state index in [9.17, 15) is 4.79 Å². The molecule has 0 rings (SSSR count). The predicted octanol–water partition coefficient (Wildman–Crippen LogP) is 6.22. The lowest BCUT2D eigenvalue weighted by atomic mass is 10.1. The zero-order chi connectivity index (χ0) is 16.3. The SMILES string of the molecule is CCCCCCCCCCCC=CC=CC=CC=C[14C](=O)O. The first-order valence-electron chi connectivity index (χ1n) is 8.67. The van der Waals surface area contributed by atoms with Gasteiger partial charge in [0.2, 0.25) is 0 Å². The van der Waals surface area contributed by atoms with E-state index in [1.165, 1.54) is 63.9 Å². The van der Waals surface area contributed by atoms with E-state index in [0.717, 1.165) is 12.5 Å². The van der Waals surface area contributed by atoms with Crippen molar-refractivity contribution in [3.05, 3.63) is 48.6 Å². The maximum absolute atomic E-state index is 10.2. The summed E-state index contributed by atoms with van der Waals surface area (Å²) < 4.78 is 0. The number of rotatable bonds is 14. The van der Waals surface area contributed by atoms with Gasteiger partial charge in [0.05, 0.1) is 0 Å². The molecule has 22 heavy (non-hydrogen) atoms. The normalized spacial score (nSPS) is 12.4. The Morgan fingerprint density at radius 1 is 0.727 bits per heavy atom. The van der Waals surface area contributed by atoms with Gasteiger partial charge in [-0.25, -0.2) is 4.79 Å². The summed E-state index contributed by atoms with van der Waals surface area (Å²) in [7, 11) is 0. The molecule has 0 bridgehead atoms. The molecular formula is C20H32O2. The van der Waals surface area contributed by atoms with E-state index in [-0.39, 0.29) is 0 Å². The minimum atomic E-state index is -0.922. The molecule has 0 saturated carbocycles. The van der Waals surface area contributed by atoms with Gasteiger partial charge in [0, 0.05) is 6.08 Å². The molecule has 0 aromatic heterocycles. The van der Waals surface area contributed by atoms with Crippen molar-refractivity contribution in [2.24, 2.45) is 0 Å². The summed E-state index contributed by atoms with van der Waals surface area (Å²) in [5, 5.41) is 8.39. The standard InChI is InChI=1S/C20H32O2/c1-2-3-4-5-6-7-8-9-10-11-12-13-14-15-16-17-18-19-20(21)22/h12-19H,2-11H2,1H3,(H,21,22)/i20+2. The van der Waals surface area contributed by atoms with Gasteiger partial charge in [-0.2, -0.15) is 0 Å². The van der Waals surface area contributed by atoms with Gasteiger partial charge in [0.1, 0.15) is 0 Å². The van der Waals surface area contributed by atoms with E-state index in [1.807, 2.05) is 18.2 Å². The average molecular weight is 306 g/mol. The van der Waals surface area contributed by atoms with Crippen molar-refractivity contribution in [2.45, 2.75) is 71.1 Å². The number of carboxylic acid groups (broad SMARTS) is 1. The first-order valence-corrected chi connectivity index (χ1v) is 8.67. The van der Waals surface area contributed by atoms with Gasteiger partial charge in [-0.3, -0.25) is 0 Å². The van der Waals surface area contributed by atoms with Crippen LogP contribution in [-0.4, -0.2) is 11.1 Å². The molecule has 0 unspecified atom stereocenters. The summed E-state index contributed by atoms with van der Waals surface area (Å²) in [6.07, 6.45) is 27.7. The van der Waals surface area contributed by atoms with Crippen LogP contribution in [0.3, 0.4) is 0 Å². The Labute approximate surface area is 136 Å². The Balaban J connectivity index is 3.35. The Morgan fingerprint density at radius 2 is 1.23 bits per heavy atom. The van der Waals surface area contributed by atoms with E-state index >= 15 is 0 Å².